The predicted octanol–water partition coefficient (Wildman–Crippen LogP) is 14.7. The zero-order chi connectivity index (χ0) is 47.6. The second-order valence-electron chi connectivity index (χ2n) is 16.5. The topological polar surface area (TPSA) is 118 Å². The summed E-state index contributed by atoms with van der Waals surface area (Å²) in [5.74, 6) is 1.15. The molecule has 0 saturated heterocycles. The number of esters is 2. The monoisotopic (exact) mass is 1010 g/mol. The molecular weight excluding hydrogens is 925 g/mol. The number of thioether (sulfide) groups is 4. The zero-order valence-corrected chi connectivity index (χ0v) is 45.3. The van der Waals surface area contributed by atoms with Crippen LogP contribution in [-0.4, -0.2) is 92.3 Å². The summed E-state index contributed by atoms with van der Waals surface area (Å²) in [6.07, 6.45) is 25.8. The van der Waals surface area contributed by atoms with Crippen molar-refractivity contribution in [1.29, 1.82) is 5.26 Å². The van der Waals surface area contributed by atoms with Gasteiger partial charge >= 0.3 is 11.9 Å². The Bertz CT molecular complexity index is 1210. The van der Waals surface area contributed by atoms with E-state index in [4.69, 9.17) is 59.4 Å². The molecule has 0 N–H and O–H groups in total. The van der Waals surface area contributed by atoms with Crippen LogP contribution in [0, 0.1) is 17.9 Å². The number of carbonyl (C=O) groups is 2. The van der Waals surface area contributed by atoms with E-state index < -0.39 is 22.2 Å². The normalized spacial score (nSPS) is 14.1. The van der Waals surface area contributed by atoms with Crippen molar-refractivity contribution in [3.63, 3.8) is 0 Å². The third-order valence-corrected chi connectivity index (χ3v) is 16.0. The molecule has 10 nitrogen and oxygen atoms in total. The van der Waals surface area contributed by atoms with E-state index in [0.29, 0.717) is 12.8 Å². The molecule has 0 rings (SSSR count). The summed E-state index contributed by atoms with van der Waals surface area (Å²) in [7, 11) is 0. The molecule has 0 saturated carbocycles. The Morgan fingerprint density at radius 2 is 0.922 bits per heavy atom. The van der Waals surface area contributed by atoms with Gasteiger partial charge < -0.3 is 28.4 Å². The van der Waals surface area contributed by atoms with Crippen LogP contribution in [-0.2, 0) is 38.0 Å². The van der Waals surface area contributed by atoms with E-state index in [9.17, 15) is 14.9 Å². The highest BCUT2D eigenvalue weighted by Gasteiger charge is 2.34. The number of ether oxygens (including phenoxy) is 6. The first-order chi connectivity index (χ1) is 30.8. The van der Waals surface area contributed by atoms with Crippen molar-refractivity contribution >= 4 is 90.5 Å². The number of nitriles is 1. The van der Waals surface area contributed by atoms with Crippen LogP contribution in [0.5, 0.6) is 0 Å². The van der Waals surface area contributed by atoms with Gasteiger partial charge in [-0.25, -0.2) is 6.57 Å². The van der Waals surface area contributed by atoms with E-state index in [1.807, 2.05) is 13.8 Å². The molecule has 0 radical (unpaired) electrons. The fourth-order valence-corrected chi connectivity index (χ4v) is 12.2. The molecule has 0 aliphatic heterocycles. The summed E-state index contributed by atoms with van der Waals surface area (Å²) >= 11 is 17.1. The fourth-order valence-electron chi connectivity index (χ4n) is 6.25. The summed E-state index contributed by atoms with van der Waals surface area (Å²) in [5, 5.41) is 9.81. The van der Waals surface area contributed by atoms with E-state index in [2.05, 4.69) is 24.8 Å². The Hall–Kier alpha value is -0.660. The Labute approximate surface area is 417 Å². The molecule has 0 aliphatic carbocycles. The molecule has 370 valence electrons. The molecule has 4 unspecified atom stereocenters. The lowest BCUT2D eigenvalue weighted by Gasteiger charge is -2.20. The van der Waals surface area contributed by atoms with Gasteiger partial charge in [0.05, 0.1) is 38.9 Å². The van der Waals surface area contributed by atoms with Crippen molar-refractivity contribution in [2.24, 2.45) is 0 Å². The fraction of sp³-hybridized carbons (Fsp3) is 0.875. The number of nitrogens with zero attached hydrogens (tertiary/aromatic N) is 2. The van der Waals surface area contributed by atoms with Gasteiger partial charge in [-0.3, -0.25) is 14.4 Å². The van der Waals surface area contributed by atoms with Gasteiger partial charge in [0.1, 0.15) is 25.0 Å². The highest BCUT2D eigenvalue weighted by atomic mass is 32.2. The Morgan fingerprint density at radius 1 is 0.578 bits per heavy atom. The molecule has 0 aliphatic rings. The number of carbonyl (C=O) groups excluding carboxylic acids is 2. The van der Waals surface area contributed by atoms with Gasteiger partial charge in [0, 0.05) is 19.8 Å². The minimum Gasteiger partial charge on any atom is -0.463 e. The third-order valence-electron chi connectivity index (χ3n) is 10.3. The van der Waals surface area contributed by atoms with Gasteiger partial charge in [-0.15, -0.1) is 23.5 Å². The Morgan fingerprint density at radius 3 is 1.30 bits per heavy atom. The van der Waals surface area contributed by atoms with Crippen LogP contribution in [0.2, 0.25) is 0 Å². The van der Waals surface area contributed by atoms with Crippen molar-refractivity contribution in [3.05, 3.63) is 11.4 Å². The van der Waals surface area contributed by atoms with Crippen LogP contribution in [0.1, 0.15) is 196 Å². The summed E-state index contributed by atoms with van der Waals surface area (Å²) in [6, 6.07) is 2.33. The highest BCUT2D eigenvalue weighted by molar-refractivity contribution is 8.48. The molecule has 0 amide bonds. The average Bonchev–Trinajstić information content (AvgIpc) is 3.27. The predicted molar refractivity (Wildman–Crippen MR) is 281 cm³/mol. The molecule has 0 heterocycles. The quantitative estimate of drug-likeness (QED) is 0.0189. The summed E-state index contributed by atoms with van der Waals surface area (Å²) in [6.45, 7) is 20.3. The largest absolute Gasteiger partial charge is 0.463 e. The maximum absolute atomic E-state index is 12.4. The number of hydrogen-bond acceptors (Lipinski definition) is 15. The first kappa shape index (κ1) is 63.3. The van der Waals surface area contributed by atoms with Gasteiger partial charge in [-0.05, 0) is 63.3 Å². The maximum Gasteiger partial charge on any atom is 0.306 e. The van der Waals surface area contributed by atoms with Gasteiger partial charge in [0.15, 0.2) is 12.6 Å². The lowest BCUT2D eigenvalue weighted by Crippen LogP contribution is -2.23. The number of hydrogen-bond donors (Lipinski definition) is 0. The SMILES string of the molecule is [C-]#[N+]C(C)(CCC(=O)OCCOC(C)OCCOC(C)OCCOC(=O)CCC(C)(C#N)SC(=S)SCCCCCCCCCCCC)SC(=S)SCCCCCCCCCCCC. The molecule has 0 spiro atoms. The van der Waals surface area contributed by atoms with Crippen molar-refractivity contribution in [2.45, 2.75) is 218 Å². The summed E-state index contributed by atoms with van der Waals surface area (Å²) in [5.41, 5.74) is 0. The van der Waals surface area contributed by atoms with Crippen LogP contribution in [0.15, 0.2) is 0 Å². The first-order valence-corrected chi connectivity index (χ1v) is 28.5. The zero-order valence-electron chi connectivity index (χ0n) is 40.4. The van der Waals surface area contributed by atoms with Crippen molar-refractivity contribution < 1.29 is 38.0 Å². The van der Waals surface area contributed by atoms with E-state index in [0.717, 1.165) is 31.4 Å². The molecule has 0 aromatic carbocycles. The van der Waals surface area contributed by atoms with Crippen molar-refractivity contribution in [1.82, 2.24) is 0 Å². The molecular formula is C48H84N2O8S6. The molecule has 4 atom stereocenters. The highest BCUT2D eigenvalue weighted by Crippen LogP contribution is 2.37. The molecule has 16 heteroatoms. The minimum absolute atomic E-state index is 0.0760. The van der Waals surface area contributed by atoms with Gasteiger partial charge in [0.2, 0.25) is 0 Å². The van der Waals surface area contributed by atoms with E-state index in [1.54, 1.807) is 37.4 Å². The van der Waals surface area contributed by atoms with Crippen LogP contribution >= 0.6 is 71.5 Å². The summed E-state index contributed by atoms with van der Waals surface area (Å²) in [4.78, 5) is 27.7. The second kappa shape index (κ2) is 43.6. The second-order valence-corrected chi connectivity index (χ2v) is 24.0. The number of thiocarbonyl (C=S) groups is 2. The third kappa shape index (κ3) is 40.4. The molecule has 0 bridgehead atoms. The van der Waals surface area contributed by atoms with Crippen molar-refractivity contribution in [2.75, 3.05) is 51.1 Å². The molecule has 0 fully saturated rings. The van der Waals surface area contributed by atoms with E-state index in [1.165, 1.54) is 139 Å². The van der Waals surface area contributed by atoms with E-state index in [-0.39, 0.29) is 64.4 Å². The maximum atomic E-state index is 12.4. The molecule has 64 heavy (non-hydrogen) atoms. The van der Waals surface area contributed by atoms with Crippen LogP contribution in [0.25, 0.3) is 4.85 Å². The first-order valence-electron chi connectivity index (χ1n) is 24.1. The Kier molecular flexibility index (Phi) is 43.2. The average molecular weight is 1010 g/mol. The Balaban J connectivity index is 3.95. The van der Waals surface area contributed by atoms with Crippen LogP contribution in [0.4, 0.5) is 0 Å². The minimum atomic E-state index is -0.807. The molecule has 0 aromatic heterocycles. The molecule has 0 aromatic rings. The smallest absolute Gasteiger partial charge is 0.306 e. The summed E-state index contributed by atoms with van der Waals surface area (Å²) < 4.78 is 33.7. The lowest BCUT2D eigenvalue weighted by molar-refractivity contribution is -0.179. The van der Waals surface area contributed by atoms with Gasteiger partial charge in [-0.2, -0.15) is 5.26 Å². The van der Waals surface area contributed by atoms with Crippen molar-refractivity contribution in [3.8, 4) is 6.07 Å². The van der Waals surface area contributed by atoms with Gasteiger partial charge in [-0.1, -0.05) is 166 Å². The van der Waals surface area contributed by atoms with Gasteiger partial charge in [0.25, 0.3) is 4.87 Å². The standard InChI is InChI=1S/C48H84N2O8S6/c1-8-10-12-14-16-18-20-22-24-26-38-61-45(59)63-47(5,40-49)30-28-43(51)57-36-34-55-41(3)53-32-33-54-42(4)56-35-37-58-44(52)29-31-48(6,50-7)64-46(60)62-39-27-25-23-21-19-17-15-13-11-9-2/h41-42H,8-39H2,1-6H3. The number of rotatable bonds is 43. The lowest BCUT2D eigenvalue weighted by atomic mass is 10.1. The van der Waals surface area contributed by atoms with Crippen LogP contribution < -0.4 is 0 Å². The van der Waals surface area contributed by atoms with Crippen LogP contribution in [0.3, 0.4) is 0 Å². The van der Waals surface area contributed by atoms with E-state index >= 15 is 0 Å². The number of unbranched alkanes of at least 4 members (excludes halogenated alkanes) is 18.